The number of thioether (sulfide) groups is 1. The molecule has 1 unspecified atom stereocenters. The van der Waals surface area contributed by atoms with E-state index in [1.54, 1.807) is 11.8 Å². The summed E-state index contributed by atoms with van der Waals surface area (Å²) in [7, 11) is 4.12. The van der Waals surface area contributed by atoms with Gasteiger partial charge in [0.2, 0.25) is 0 Å². The Balaban J connectivity index is 2.13. The number of hydrogen-bond donors (Lipinski definition) is 1. The number of anilines is 2. The molecular weight excluding hydrogens is 242 g/mol. The van der Waals surface area contributed by atoms with E-state index < -0.39 is 0 Å². The van der Waals surface area contributed by atoms with Crippen molar-refractivity contribution in [1.29, 1.82) is 5.41 Å². The van der Waals surface area contributed by atoms with Crippen molar-refractivity contribution in [3.63, 3.8) is 0 Å². The molecule has 94 valence electrons. The third kappa shape index (κ3) is 1.63. The predicted molar refractivity (Wildman–Crippen MR) is 79.9 cm³/mol. The topological polar surface area (TPSA) is 30.3 Å². The molecule has 0 bridgehead atoms. The van der Waals surface area contributed by atoms with Crippen LogP contribution in [-0.4, -0.2) is 25.0 Å². The number of benzene rings is 1. The number of amidine groups is 1. The fraction of sp³-hybridized carbons (Fsp3) is 0.357. The van der Waals surface area contributed by atoms with Gasteiger partial charge in [-0.05, 0) is 23.8 Å². The molecule has 3 rings (SSSR count). The van der Waals surface area contributed by atoms with Gasteiger partial charge in [-0.15, -0.1) is 0 Å². The van der Waals surface area contributed by atoms with Crippen LogP contribution in [0.15, 0.2) is 30.0 Å². The molecule has 1 saturated heterocycles. The summed E-state index contributed by atoms with van der Waals surface area (Å²) in [6, 6.07) is 6.52. The van der Waals surface area contributed by atoms with Gasteiger partial charge in [-0.3, -0.25) is 10.3 Å². The molecule has 0 aromatic heterocycles. The SMILES string of the molecule is CC1C=C2CSC(=N)N2c2ccc(N(C)C)cc21. The summed E-state index contributed by atoms with van der Waals surface area (Å²) in [6.07, 6.45) is 2.29. The van der Waals surface area contributed by atoms with E-state index in [1.165, 1.54) is 22.6 Å². The van der Waals surface area contributed by atoms with Crippen molar-refractivity contribution in [3.05, 3.63) is 35.5 Å². The Morgan fingerprint density at radius 2 is 2.17 bits per heavy atom. The van der Waals surface area contributed by atoms with Gasteiger partial charge in [0.05, 0.1) is 5.69 Å². The molecule has 1 fully saturated rings. The van der Waals surface area contributed by atoms with E-state index in [0.717, 1.165) is 5.75 Å². The predicted octanol–water partition coefficient (Wildman–Crippen LogP) is 3.24. The number of rotatable bonds is 1. The number of hydrogen-bond acceptors (Lipinski definition) is 3. The van der Waals surface area contributed by atoms with Crippen molar-refractivity contribution in [1.82, 2.24) is 0 Å². The van der Waals surface area contributed by atoms with E-state index in [1.807, 2.05) is 0 Å². The number of nitrogens with zero attached hydrogens (tertiary/aromatic N) is 2. The lowest BCUT2D eigenvalue weighted by Gasteiger charge is -2.30. The molecule has 18 heavy (non-hydrogen) atoms. The van der Waals surface area contributed by atoms with Crippen molar-refractivity contribution in [2.75, 3.05) is 29.6 Å². The van der Waals surface area contributed by atoms with E-state index in [2.05, 4.69) is 55.1 Å². The lowest BCUT2D eigenvalue weighted by Crippen LogP contribution is -2.26. The second-order valence-corrected chi connectivity index (χ2v) is 5.98. The van der Waals surface area contributed by atoms with Crippen LogP contribution in [0, 0.1) is 5.41 Å². The Bertz CT molecular complexity index is 548. The van der Waals surface area contributed by atoms with Gasteiger partial charge < -0.3 is 4.90 Å². The van der Waals surface area contributed by atoms with Crippen molar-refractivity contribution in [2.24, 2.45) is 0 Å². The maximum atomic E-state index is 8.05. The van der Waals surface area contributed by atoms with Crippen LogP contribution < -0.4 is 9.80 Å². The lowest BCUT2D eigenvalue weighted by molar-refractivity contribution is 0.913. The second-order valence-electron chi connectivity index (χ2n) is 5.01. The Labute approximate surface area is 112 Å². The molecule has 2 heterocycles. The normalized spacial score (nSPS) is 21.5. The molecule has 1 atom stereocenters. The van der Waals surface area contributed by atoms with Gasteiger partial charge in [-0.1, -0.05) is 24.8 Å². The largest absolute Gasteiger partial charge is 0.378 e. The molecule has 3 nitrogen and oxygen atoms in total. The molecule has 0 saturated carbocycles. The zero-order chi connectivity index (χ0) is 12.9. The van der Waals surface area contributed by atoms with Crippen LogP contribution in [0.1, 0.15) is 18.4 Å². The zero-order valence-corrected chi connectivity index (χ0v) is 11.7. The molecular formula is C14H17N3S. The smallest absolute Gasteiger partial charge is 0.165 e. The third-order valence-corrected chi connectivity index (χ3v) is 4.44. The first kappa shape index (κ1) is 11.7. The maximum absolute atomic E-state index is 8.05. The van der Waals surface area contributed by atoms with Gasteiger partial charge in [0.15, 0.2) is 5.17 Å². The molecule has 1 aromatic carbocycles. The maximum Gasteiger partial charge on any atom is 0.165 e. The van der Waals surface area contributed by atoms with E-state index in [4.69, 9.17) is 5.41 Å². The highest BCUT2D eigenvalue weighted by atomic mass is 32.2. The number of fused-ring (bicyclic) bond motifs is 3. The first-order valence-electron chi connectivity index (χ1n) is 6.11. The number of allylic oxidation sites excluding steroid dienone is 1. The molecule has 0 aliphatic carbocycles. The van der Waals surface area contributed by atoms with Gasteiger partial charge in [0, 0.05) is 37.2 Å². The highest BCUT2D eigenvalue weighted by molar-refractivity contribution is 8.14. The van der Waals surface area contributed by atoms with Crippen molar-refractivity contribution in [3.8, 4) is 0 Å². The standard InChI is InChI=1S/C14H17N3S/c1-9-6-11-8-18-14(15)17(11)13-5-4-10(16(2)3)7-12(9)13/h4-7,9,15H,8H2,1-3H3. The Kier molecular flexibility index (Phi) is 2.63. The van der Waals surface area contributed by atoms with Crippen LogP contribution in [0.5, 0.6) is 0 Å². The molecule has 0 spiro atoms. The lowest BCUT2D eigenvalue weighted by atomic mass is 9.93. The van der Waals surface area contributed by atoms with Gasteiger partial charge in [-0.2, -0.15) is 0 Å². The fourth-order valence-electron chi connectivity index (χ4n) is 2.56. The Morgan fingerprint density at radius 1 is 1.39 bits per heavy atom. The first-order valence-corrected chi connectivity index (χ1v) is 7.10. The van der Waals surface area contributed by atoms with Gasteiger partial charge in [0.25, 0.3) is 0 Å². The van der Waals surface area contributed by atoms with Crippen LogP contribution in [0.3, 0.4) is 0 Å². The first-order chi connectivity index (χ1) is 8.58. The second kappa shape index (κ2) is 4.05. The van der Waals surface area contributed by atoms with Crippen LogP contribution in [0.25, 0.3) is 0 Å². The molecule has 2 aliphatic rings. The summed E-state index contributed by atoms with van der Waals surface area (Å²) >= 11 is 1.61. The van der Waals surface area contributed by atoms with Crippen LogP contribution >= 0.6 is 11.8 Å². The summed E-state index contributed by atoms with van der Waals surface area (Å²) < 4.78 is 0. The zero-order valence-electron chi connectivity index (χ0n) is 10.9. The summed E-state index contributed by atoms with van der Waals surface area (Å²) in [5.74, 6) is 1.36. The molecule has 4 heteroatoms. The monoisotopic (exact) mass is 259 g/mol. The summed E-state index contributed by atoms with van der Waals surface area (Å²) in [4.78, 5) is 4.20. The Hall–Kier alpha value is -1.42. The van der Waals surface area contributed by atoms with Crippen molar-refractivity contribution >= 4 is 28.3 Å². The summed E-state index contributed by atoms with van der Waals surface area (Å²) in [6.45, 7) is 2.23. The molecule has 0 radical (unpaired) electrons. The van der Waals surface area contributed by atoms with Crippen molar-refractivity contribution in [2.45, 2.75) is 12.8 Å². The van der Waals surface area contributed by atoms with Gasteiger partial charge in [0.1, 0.15) is 0 Å². The quantitative estimate of drug-likeness (QED) is 0.840. The molecule has 1 N–H and O–H groups in total. The molecule has 2 aliphatic heterocycles. The van der Waals surface area contributed by atoms with Crippen molar-refractivity contribution < 1.29 is 0 Å². The Morgan fingerprint density at radius 3 is 2.89 bits per heavy atom. The van der Waals surface area contributed by atoms with Gasteiger partial charge >= 0.3 is 0 Å². The van der Waals surface area contributed by atoms with Crippen LogP contribution in [0.2, 0.25) is 0 Å². The molecule has 0 amide bonds. The number of nitrogens with one attached hydrogen (secondary N) is 1. The third-order valence-electron chi connectivity index (χ3n) is 3.55. The fourth-order valence-corrected chi connectivity index (χ4v) is 3.41. The minimum Gasteiger partial charge on any atom is -0.378 e. The summed E-state index contributed by atoms with van der Waals surface area (Å²) in [5.41, 5.74) is 4.98. The van der Waals surface area contributed by atoms with Crippen LogP contribution in [0.4, 0.5) is 11.4 Å². The van der Waals surface area contributed by atoms with E-state index in [0.29, 0.717) is 11.1 Å². The van der Waals surface area contributed by atoms with Gasteiger partial charge in [-0.25, -0.2) is 0 Å². The minimum atomic E-state index is 0.428. The minimum absolute atomic E-state index is 0.428. The highest BCUT2D eigenvalue weighted by Gasteiger charge is 2.31. The van der Waals surface area contributed by atoms with E-state index in [-0.39, 0.29) is 0 Å². The van der Waals surface area contributed by atoms with E-state index in [9.17, 15) is 0 Å². The molecule has 1 aromatic rings. The average molecular weight is 259 g/mol. The highest BCUT2D eigenvalue weighted by Crippen LogP contribution is 2.43. The average Bonchev–Trinajstić information content (AvgIpc) is 2.70. The van der Waals surface area contributed by atoms with Crippen LogP contribution in [-0.2, 0) is 0 Å². The van der Waals surface area contributed by atoms with E-state index >= 15 is 0 Å². The summed E-state index contributed by atoms with van der Waals surface area (Å²) in [5, 5.41) is 8.69.